The predicted octanol–water partition coefficient (Wildman–Crippen LogP) is 3.31. The van der Waals surface area contributed by atoms with Gasteiger partial charge >= 0.3 is 6.18 Å². The number of rotatable bonds is 1. The summed E-state index contributed by atoms with van der Waals surface area (Å²) in [6.45, 7) is 1.23. The average molecular weight is 308 g/mol. The number of nitrogens with zero attached hydrogens (tertiary/aromatic N) is 1. The third-order valence-corrected chi connectivity index (χ3v) is 3.36. The Labute approximate surface area is 105 Å². The van der Waals surface area contributed by atoms with Gasteiger partial charge in [-0.3, -0.25) is 4.79 Å². The molecule has 1 aliphatic rings. The number of carbonyl (C=O) groups excluding carboxylic acids is 1. The number of benzene rings is 1. The second-order valence-electron chi connectivity index (χ2n) is 3.84. The molecule has 0 radical (unpaired) electrons. The smallest absolute Gasteiger partial charge is 0.338 e. The molecule has 0 saturated carbocycles. The lowest BCUT2D eigenvalue weighted by Crippen LogP contribution is -2.42. The molecule has 1 heterocycles. The highest BCUT2D eigenvalue weighted by atomic mass is 79.9. The lowest BCUT2D eigenvalue weighted by atomic mass is 10.1. The highest BCUT2D eigenvalue weighted by Crippen LogP contribution is 2.32. The van der Waals surface area contributed by atoms with E-state index in [1.54, 1.807) is 0 Å². The number of alkyl halides is 3. The Hall–Kier alpha value is -1.04. The summed E-state index contributed by atoms with van der Waals surface area (Å²) < 4.78 is 38.0. The molecule has 0 bridgehead atoms. The van der Waals surface area contributed by atoms with Crippen LogP contribution >= 0.6 is 15.9 Å². The molecule has 0 unspecified atom stereocenters. The fourth-order valence-corrected chi connectivity index (χ4v) is 1.97. The van der Waals surface area contributed by atoms with Crippen LogP contribution in [0.3, 0.4) is 0 Å². The Morgan fingerprint density at radius 1 is 1.29 bits per heavy atom. The Kier molecular flexibility index (Phi) is 3.16. The number of amides is 1. The molecule has 0 aromatic heterocycles. The lowest BCUT2D eigenvalue weighted by molar-refractivity contribution is -0.137. The summed E-state index contributed by atoms with van der Waals surface area (Å²) in [5, 5.41) is 0. The van der Waals surface area contributed by atoms with Gasteiger partial charge in [-0.1, -0.05) is 0 Å². The van der Waals surface area contributed by atoms with Gasteiger partial charge in [0, 0.05) is 17.6 Å². The van der Waals surface area contributed by atoms with E-state index in [0.717, 1.165) is 18.6 Å². The number of hydrogen-bond donors (Lipinski definition) is 0. The largest absolute Gasteiger partial charge is 0.416 e. The van der Waals surface area contributed by atoms with Crippen LogP contribution in [-0.2, 0) is 6.18 Å². The van der Waals surface area contributed by atoms with Crippen LogP contribution in [0, 0.1) is 0 Å². The van der Waals surface area contributed by atoms with Crippen molar-refractivity contribution in [2.75, 3.05) is 13.1 Å². The number of carbonyl (C=O) groups is 1. The van der Waals surface area contributed by atoms with E-state index in [1.807, 2.05) is 0 Å². The summed E-state index contributed by atoms with van der Waals surface area (Å²) in [7, 11) is 0. The van der Waals surface area contributed by atoms with E-state index >= 15 is 0 Å². The van der Waals surface area contributed by atoms with Crippen LogP contribution in [0.4, 0.5) is 13.2 Å². The number of halogens is 4. The minimum atomic E-state index is -4.43. The highest BCUT2D eigenvalue weighted by molar-refractivity contribution is 9.10. The Balaban J connectivity index is 2.35. The van der Waals surface area contributed by atoms with Crippen molar-refractivity contribution < 1.29 is 18.0 Å². The molecule has 1 amide bonds. The van der Waals surface area contributed by atoms with Crippen molar-refractivity contribution in [2.24, 2.45) is 0 Å². The first kappa shape index (κ1) is 12.4. The standard InChI is InChI=1S/C11H9BrF3NO/c12-9-3-2-7(11(13,14)15)6-8(9)10(17)16-4-1-5-16/h2-3,6H,1,4-5H2. The second kappa shape index (κ2) is 4.33. The predicted molar refractivity (Wildman–Crippen MR) is 59.7 cm³/mol. The normalized spacial score (nSPS) is 15.6. The minimum absolute atomic E-state index is 0.0690. The van der Waals surface area contributed by atoms with Crippen LogP contribution in [0.15, 0.2) is 22.7 Å². The van der Waals surface area contributed by atoms with Crippen LogP contribution in [0.5, 0.6) is 0 Å². The van der Waals surface area contributed by atoms with E-state index in [0.29, 0.717) is 17.6 Å². The first-order chi connectivity index (χ1) is 7.89. The molecule has 92 valence electrons. The maximum Gasteiger partial charge on any atom is 0.416 e. The summed E-state index contributed by atoms with van der Waals surface area (Å²) in [6.07, 6.45) is -3.52. The van der Waals surface area contributed by atoms with Gasteiger partial charge in [-0.15, -0.1) is 0 Å². The summed E-state index contributed by atoms with van der Waals surface area (Å²) >= 11 is 3.10. The second-order valence-corrected chi connectivity index (χ2v) is 4.69. The van der Waals surface area contributed by atoms with E-state index < -0.39 is 11.7 Å². The van der Waals surface area contributed by atoms with Gasteiger partial charge in [-0.05, 0) is 40.5 Å². The van der Waals surface area contributed by atoms with Gasteiger partial charge in [0.2, 0.25) is 0 Å². The first-order valence-corrected chi connectivity index (χ1v) is 5.85. The maximum atomic E-state index is 12.5. The Morgan fingerprint density at radius 3 is 2.41 bits per heavy atom. The molecule has 2 rings (SSSR count). The zero-order valence-electron chi connectivity index (χ0n) is 8.72. The molecule has 0 atom stereocenters. The van der Waals surface area contributed by atoms with E-state index in [1.165, 1.54) is 11.0 Å². The Bertz CT molecular complexity index is 455. The summed E-state index contributed by atoms with van der Waals surface area (Å²) in [5.74, 6) is -0.353. The maximum absolute atomic E-state index is 12.5. The summed E-state index contributed by atoms with van der Waals surface area (Å²) in [6, 6.07) is 3.11. The van der Waals surface area contributed by atoms with Crippen LogP contribution in [0.25, 0.3) is 0 Å². The molecule has 1 fully saturated rings. The van der Waals surface area contributed by atoms with Gasteiger partial charge in [-0.25, -0.2) is 0 Å². The van der Waals surface area contributed by atoms with Gasteiger partial charge in [0.1, 0.15) is 0 Å². The molecular formula is C11H9BrF3NO. The van der Waals surface area contributed by atoms with E-state index in [-0.39, 0.29) is 11.5 Å². The molecular weight excluding hydrogens is 299 g/mol. The van der Waals surface area contributed by atoms with Crippen molar-refractivity contribution in [2.45, 2.75) is 12.6 Å². The van der Waals surface area contributed by atoms with Crippen molar-refractivity contribution in [3.8, 4) is 0 Å². The van der Waals surface area contributed by atoms with Crippen molar-refractivity contribution in [1.82, 2.24) is 4.90 Å². The average Bonchev–Trinajstić information content (AvgIpc) is 2.13. The van der Waals surface area contributed by atoms with Crippen molar-refractivity contribution in [3.05, 3.63) is 33.8 Å². The molecule has 2 nitrogen and oxygen atoms in total. The van der Waals surface area contributed by atoms with E-state index in [9.17, 15) is 18.0 Å². The fourth-order valence-electron chi connectivity index (χ4n) is 1.56. The molecule has 6 heteroatoms. The fraction of sp³-hybridized carbons (Fsp3) is 0.364. The van der Waals surface area contributed by atoms with Gasteiger partial charge in [0.05, 0.1) is 11.1 Å². The topological polar surface area (TPSA) is 20.3 Å². The quantitative estimate of drug-likeness (QED) is 0.779. The van der Waals surface area contributed by atoms with E-state index in [2.05, 4.69) is 15.9 Å². The van der Waals surface area contributed by atoms with Gasteiger partial charge in [-0.2, -0.15) is 13.2 Å². The van der Waals surface area contributed by atoms with Crippen molar-refractivity contribution in [3.63, 3.8) is 0 Å². The number of likely N-dealkylation sites (tertiary alicyclic amines) is 1. The third kappa shape index (κ3) is 2.46. The Morgan fingerprint density at radius 2 is 1.94 bits per heavy atom. The van der Waals surface area contributed by atoms with Crippen molar-refractivity contribution >= 4 is 21.8 Å². The van der Waals surface area contributed by atoms with Crippen LogP contribution in [0.2, 0.25) is 0 Å². The molecule has 1 saturated heterocycles. The van der Waals surface area contributed by atoms with Gasteiger partial charge in [0.25, 0.3) is 5.91 Å². The lowest BCUT2D eigenvalue weighted by Gasteiger charge is -2.31. The molecule has 1 aromatic rings. The van der Waals surface area contributed by atoms with Crippen molar-refractivity contribution in [1.29, 1.82) is 0 Å². The third-order valence-electron chi connectivity index (χ3n) is 2.67. The van der Waals surface area contributed by atoms with E-state index in [4.69, 9.17) is 0 Å². The SMILES string of the molecule is O=C(c1cc(C(F)(F)F)ccc1Br)N1CCC1. The summed E-state index contributed by atoms with van der Waals surface area (Å²) in [5.41, 5.74) is -0.732. The molecule has 0 spiro atoms. The zero-order chi connectivity index (χ0) is 12.6. The monoisotopic (exact) mass is 307 g/mol. The summed E-state index contributed by atoms with van der Waals surface area (Å²) in [4.78, 5) is 13.4. The van der Waals surface area contributed by atoms with Gasteiger partial charge in [0.15, 0.2) is 0 Å². The first-order valence-electron chi connectivity index (χ1n) is 5.05. The molecule has 0 N–H and O–H groups in total. The zero-order valence-corrected chi connectivity index (χ0v) is 10.3. The van der Waals surface area contributed by atoms with Crippen LogP contribution in [0.1, 0.15) is 22.3 Å². The molecule has 1 aliphatic heterocycles. The molecule has 0 aliphatic carbocycles. The molecule has 17 heavy (non-hydrogen) atoms. The van der Waals surface area contributed by atoms with Crippen LogP contribution in [-0.4, -0.2) is 23.9 Å². The number of hydrogen-bond acceptors (Lipinski definition) is 1. The minimum Gasteiger partial charge on any atom is -0.338 e. The van der Waals surface area contributed by atoms with Gasteiger partial charge < -0.3 is 4.90 Å². The molecule has 1 aromatic carbocycles. The van der Waals surface area contributed by atoms with Crippen LogP contribution < -0.4 is 0 Å². The highest BCUT2D eigenvalue weighted by Gasteiger charge is 2.32.